The van der Waals surface area contributed by atoms with Crippen LogP contribution < -0.4 is 0 Å². The highest BCUT2D eigenvalue weighted by Gasteiger charge is 2.30. The van der Waals surface area contributed by atoms with Crippen molar-refractivity contribution in [2.75, 3.05) is 39.6 Å². The van der Waals surface area contributed by atoms with Crippen LogP contribution in [0.2, 0.25) is 0 Å². The van der Waals surface area contributed by atoms with Gasteiger partial charge in [0.05, 0.1) is 26.4 Å². The Morgan fingerprint density at radius 3 is 0.697 bits per heavy atom. The van der Waals surface area contributed by atoms with E-state index >= 15 is 0 Å². The van der Waals surface area contributed by atoms with E-state index in [1.165, 1.54) is 135 Å². The molecule has 17 nitrogen and oxygen atoms in total. The number of ether oxygens (including phenoxy) is 4. The second kappa shape index (κ2) is 59.8. The van der Waals surface area contributed by atoms with Crippen LogP contribution in [-0.2, 0) is 65.4 Å². The number of aliphatic hydroxyl groups is 1. The van der Waals surface area contributed by atoms with Gasteiger partial charge in [0, 0.05) is 25.7 Å². The lowest BCUT2D eigenvalue weighted by molar-refractivity contribution is -0.161. The molecule has 0 radical (unpaired) electrons. The summed E-state index contributed by atoms with van der Waals surface area (Å²) < 4.78 is 68.2. The van der Waals surface area contributed by atoms with Gasteiger partial charge in [-0.2, -0.15) is 0 Å². The molecule has 0 aliphatic heterocycles. The minimum atomic E-state index is -4.95. The molecule has 0 aromatic heterocycles. The molecule has 0 bridgehead atoms. The summed E-state index contributed by atoms with van der Waals surface area (Å²) in [6, 6.07) is 0. The van der Waals surface area contributed by atoms with Gasteiger partial charge >= 0.3 is 39.5 Å². The van der Waals surface area contributed by atoms with Gasteiger partial charge in [0.25, 0.3) is 0 Å². The third-order valence-corrected chi connectivity index (χ3v) is 18.0. The lowest BCUT2D eigenvalue weighted by Gasteiger charge is -2.21. The summed E-state index contributed by atoms with van der Waals surface area (Å²) in [7, 11) is -9.90. The summed E-state index contributed by atoms with van der Waals surface area (Å²) in [5.74, 6) is 0.798. The van der Waals surface area contributed by atoms with E-state index in [1.807, 2.05) is 0 Å². The van der Waals surface area contributed by atoms with E-state index in [2.05, 4.69) is 55.4 Å². The summed E-state index contributed by atoms with van der Waals surface area (Å²) in [5.41, 5.74) is 0. The highest BCUT2D eigenvalue weighted by atomic mass is 31.2. The average molecular weight is 1310 g/mol. The number of carbonyl (C=O) groups excluding carboxylic acids is 4. The first kappa shape index (κ1) is 87.1. The number of hydrogen-bond donors (Lipinski definition) is 3. The van der Waals surface area contributed by atoms with Crippen LogP contribution in [0.15, 0.2) is 0 Å². The largest absolute Gasteiger partial charge is 0.472 e. The van der Waals surface area contributed by atoms with Crippen LogP contribution in [-0.4, -0.2) is 96.7 Å². The maximum absolute atomic E-state index is 13.0. The first-order valence-electron chi connectivity index (χ1n) is 36.2. The first-order chi connectivity index (χ1) is 42.6. The SMILES string of the molecule is CC(C)CCCCCCCCCCCCCCCCCC(=O)O[C@H](COC(=O)CCCCCCCCCC(C)C)COP(=O)(O)OCC(O)COP(=O)(O)OC[C@@H](COC(=O)CCCCCCCCCC(C)C)OC(=O)CCCCCCCCCCC(C)C. The summed E-state index contributed by atoms with van der Waals surface area (Å²) in [5, 5.41) is 10.6. The maximum atomic E-state index is 13.0. The number of phosphoric acid groups is 2. The molecular weight excluding hydrogens is 1170 g/mol. The van der Waals surface area contributed by atoms with E-state index in [0.717, 1.165) is 115 Å². The smallest absolute Gasteiger partial charge is 0.462 e. The molecule has 19 heteroatoms. The van der Waals surface area contributed by atoms with E-state index < -0.39 is 97.5 Å². The average Bonchev–Trinajstić information content (AvgIpc) is 3.65. The molecule has 0 spiro atoms. The minimum Gasteiger partial charge on any atom is -0.462 e. The highest BCUT2D eigenvalue weighted by molar-refractivity contribution is 7.47. The van der Waals surface area contributed by atoms with Crippen LogP contribution in [0.4, 0.5) is 0 Å². The molecule has 0 aliphatic rings. The van der Waals surface area contributed by atoms with Crippen molar-refractivity contribution in [2.24, 2.45) is 23.7 Å². The molecule has 0 aliphatic carbocycles. The van der Waals surface area contributed by atoms with Gasteiger partial charge in [-0.1, -0.05) is 293 Å². The monoisotopic (exact) mass is 1310 g/mol. The molecule has 0 saturated carbocycles. The topological polar surface area (TPSA) is 237 Å². The van der Waals surface area contributed by atoms with Crippen LogP contribution in [0.1, 0.15) is 344 Å². The number of hydrogen-bond acceptors (Lipinski definition) is 15. The van der Waals surface area contributed by atoms with Gasteiger partial charge < -0.3 is 33.8 Å². The van der Waals surface area contributed by atoms with Gasteiger partial charge in [-0.3, -0.25) is 37.3 Å². The van der Waals surface area contributed by atoms with Gasteiger partial charge in [0.2, 0.25) is 0 Å². The fourth-order valence-electron chi connectivity index (χ4n) is 10.5. The maximum Gasteiger partial charge on any atom is 0.472 e. The normalized spacial score (nSPS) is 14.3. The van der Waals surface area contributed by atoms with Gasteiger partial charge in [-0.15, -0.1) is 0 Å². The molecule has 3 unspecified atom stereocenters. The Balaban J connectivity index is 5.21. The van der Waals surface area contributed by atoms with Gasteiger partial charge in [0.15, 0.2) is 12.2 Å². The van der Waals surface area contributed by atoms with Gasteiger partial charge in [-0.25, -0.2) is 9.13 Å². The van der Waals surface area contributed by atoms with E-state index in [9.17, 15) is 43.2 Å². The van der Waals surface area contributed by atoms with Crippen LogP contribution in [0.5, 0.6) is 0 Å². The summed E-state index contributed by atoms with van der Waals surface area (Å²) in [4.78, 5) is 72.5. The number of aliphatic hydroxyl groups excluding tert-OH is 1. The van der Waals surface area contributed by atoms with E-state index in [4.69, 9.17) is 37.0 Å². The predicted octanol–water partition coefficient (Wildman–Crippen LogP) is 19.7. The molecule has 0 heterocycles. The van der Waals surface area contributed by atoms with Gasteiger partial charge in [0.1, 0.15) is 19.3 Å². The van der Waals surface area contributed by atoms with Crippen molar-refractivity contribution >= 4 is 39.5 Å². The van der Waals surface area contributed by atoms with Crippen LogP contribution in [0.3, 0.4) is 0 Å². The zero-order chi connectivity index (χ0) is 66.1. The van der Waals surface area contributed by atoms with Crippen molar-refractivity contribution in [3.8, 4) is 0 Å². The lowest BCUT2D eigenvalue weighted by atomic mass is 10.0. The Hall–Kier alpha value is -1.94. The Labute approximate surface area is 543 Å². The lowest BCUT2D eigenvalue weighted by Crippen LogP contribution is -2.30. The molecule has 0 saturated heterocycles. The highest BCUT2D eigenvalue weighted by Crippen LogP contribution is 2.45. The second-order valence-corrected chi connectivity index (χ2v) is 30.1. The molecule has 0 aromatic carbocycles. The quantitative estimate of drug-likeness (QED) is 0.0222. The van der Waals surface area contributed by atoms with Crippen molar-refractivity contribution in [3.05, 3.63) is 0 Å². The first-order valence-corrected chi connectivity index (χ1v) is 39.2. The van der Waals surface area contributed by atoms with Gasteiger partial charge in [-0.05, 0) is 49.4 Å². The molecule has 5 atom stereocenters. The molecule has 3 N–H and O–H groups in total. The van der Waals surface area contributed by atoms with Crippen LogP contribution in [0.25, 0.3) is 0 Å². The zero-order valence-corrected chi connectivity index (χ0v) is 59.8. The van der Waals surface area contributed by atoms with E-state index in [-0.39, 0.29) is 25.7 Å². The third-order valence-electron chi connectivity index (χ3n) is 16.1. The molecule has 0 fully saturated rings. The second-order valence-electron chi connectivity index (χ2n) is 27.2. The van der Waals surface area contributed by atoms with Crippen molar-refractivity contribution in [2.45, 2.75) is 363 Å². The number of unbranched alkanes of at least 4 members (excludes halogenated alkanes) is 33. The number of carbonyl (C=O) groups is 4. The predicted molar refractivity (Wildman–Crippen MR) is 358 cm³/mol. The minimum absolute atomic E-state index is 0.103. The van der Waals surface area contributed by atoms with E-state index in [1.54, 1.807) is 0 Å². The summed E-state index contributed by atoms with van der Waals surface area (Å²) in [6.45, 7) is 14.0. The number of phosphoric ester groups is 2. The number of esters is 4. The Bertz CT molecular complexity index is 1760. The standard InChI is InChI=1S/C70H136O17P2/c1-60(2)46-38-30-22-16-14-12-10-9-11-13-15-17-26-36-44-52-69(74)86-65(56-80-67(72)50-42-34-28-20-24-32-40-48-62(5)6)58-84-88(76,77)82-54-64(71)55-83-89(78,79)85-59-66(57-81-68(73)51-43-35-29-21-25-33-41-49-63(7)8)87-70(75)53-45-37-27-19-18-23-31-39-47-61(3)4/h60-66,71H,9-59H2,1-8H3,(H,76,77)(H,78,79)/t64?,65-,66-/m1/s1. The Morgan fingerprint density at radius 1 is 0.281 bits per heavy atom. The van der Waals surface area contributed by atoms with Crippen molar-refractivity contribution in [3.63, 3.8) is 0 Å². The van der Waals surface area contributed by atoms with Crippen molar-refractivity contribution in [1.82, 2.24) is 0 Å². The van der Waals surface area contributed by atoms with Crippen LogP contribution >= 0.6 is 15.6 Å². The summed E-state index contributed by atoms with van der Waals surface area (Å²) in [6.07, 6.45) is 41.9. The molecule has 0 aromatic rings. The van der Waals surface area contributed by atoms with Crippen molar-refractivity contribution in [1.29, 1.82) is 0 Å². The fourth-order valence-corrected chi connectivity index (χ4v) is 12.1. The Kier molecular flexibility index (Phi) is 58.5. The third kappa shape index (κ3) is 64.6. The zero-order valence-electron chi connectivity index (χ0n) is 58.1. The molecular formula is C70H136O17P2. The summed E-state index contributed by atoms with van der Waals surface area (Å²) >= 11 is 0. The van der Waals surface area contributed by atoms with Crippen molar-refractivity contribution < 1.29 is 80.2 Å². The Morgan fingerprint density at radius 2 is 0.472 bits per heavy atom. The molecule has 89 heavy (non-hydrogen) atoms. The molecule has 528 valence electrons. The fraction of sp³-hybridized carbons (Fsp3) is 0.943. The molecule has 0 rings (SSSR count). The molecule has 0 amide bonds. The van der Waals surface area contributed by atoms with E-state index in [0.29, 0.717) is 37.5 Å². The number of rotatable bonds is 67. The van der Waals surface area contributed by atoms with Crippen LogP contribution in [0, 0.1) is 23.7 Å².